The first-order chi connectivity index (χ1) is 16.0. The van der Waals surface area contributed by atoms with Crippen molar-refractivity contribution in [3.8, 4) is 0 Å². The molecule has 1 aliphatic rings. The van der Waals surface area contributed by atoms with Crippen molar-refractivity contribution in [2.45, 2.75) is 18.7 Å². The highest BCUT2D eigenvalue weighted by molar-refractivity contribution is 7.89. The number of carbonyl (C=O) groups excluding carboxylic acids is 3. The zero-order valence-corrected chi connectivity index (χ0v) is 20.3. The summed E-state index contributed by atoms with van der Waals surface area (Å²) in [5.41, 5.74) is 5.80. The van der Waals surface area contributed by atoms with E-state index in [0.29, 0.717) is 18.7 Å². The van der Waals surface area contributed by atoms with Crippen molar-refractivity contribution in [3.05, 3.63) is 46.1 Å². The molecule has 0 atom stereocenters. The quantitative estimate of drug-likeness (QED) is 0.510. The van der Waals surface area contributed by atoms with Crippen LogP contribution in [-0.2, 0) is 19.6 Å². The Labute approximate surface area is 200 Å². The third-order valence-corrected chi connectivity index (χ3v) is 8.39. The SMILES string of the molecule is CCOC(=O)c1c(NC(=O)CN2CCN(S(=O)(=O)c3ccc(F)cc3)CC2)sc(C(N)=O)c1C. The average Bonchev–Trinajstić information content (AvgIpc) is 3.10. The Kier molecular flexibility index (Phi) is 8.02. The van der Waals surface area contributed by atoms with Gasteiger partial charge in [0.15, 0.2) is 0 Å². The number of sulfonamides is 1. The second kappa shape index (κ2) is 10.6. The second-order valence-corrected chi connectivity index (χ2v) is 10.5. The van der Waals surface area contributed by atoms with Crippen LogP contribution in [0.3, 0.4) is 0 Å². The summed E-state index contributed by atoms with van der Waals surface area (Å²) in [5, 5.41) is 2.82. The van der Waals surface area contributed by atoms with E-state index in [4.69, 9.17) is 10.5 Å². The van der Waals surface area contributed by atoms with Crippen LogP contribution in [0.15, 0.2) is 29.2 Å². The average molecular weight is 513 g/mol. The lowest BCUT2D eigenvalue weighted by molar-refractivity contribution is -0.117. The molecule has 2 amide bonds. The summed E-state index contributed by atoms with van der Waals surface area (Å²) in [4.78, 5) is 38.6. The van der Waals surface area contributed by atoms with Gasteiger partial charge < -0.3 is 15.8 Å². The van der Waals surface area contributed by atoms with E-state index in [0.717, 1.165) is 23.5 Å². The van der Waals surface area contributed by atoms with Gasteiger partial charge in [0.05, 0.1) is 28.5 Å². The van der Waals surface area contributed by atoms with E-state index in [1.165, 1.54) is 16.4 Å². The maximum atomic E-state index is 13.1. The molecule has 1 aromatic heterocycles. The highest BCUT2D eigenvalue weighted by atomic mass is 32.2. The Morgan fingerprint density at radius 2 is 1.76 bits per heavy atom. The Morgan fingerprint density at radius 3 is 2.32 bits per heavy atom. The summed E-state index contributed by atoms with van der Waals surface area (Å²) < 4.78 is 44.9. The summed E-state index contributed by atoms with van der Waals surface area (Å²) in [6, 6.07) is 4.62. The number of thiophene rings is 1. The van der Waals surface area contributed by atoms with Crippen LogP contribution in [0.5, 0.6) is 0 Å². The number of nitrogens with one attached hydrogen (secondary N) is 1. The molecule has 1 aromatic carbocycles. The molecule has 184 valence electrons. The second-order valence-electron chi connectivity index (χ2n) is 7.53. The first-order valence-corrected chi connectivity index (χ1v) is 12.7. The normalized spacial score (nSPS) is 15.1. The van der Waals surface area contributed by atoms with Crippen LogP contribution < -0.4 is 11.1 Å². The van der Waals surface area contributed by atoms with Gasteiger partial charge in [-0.15, -0.1) is 11.3 Å². The van der Waals surface area contributed by atoms with Crippen molar-refractivity contribution < 1.29 is 31.9 Å². The Bertz CT molecular complexity index is 1190. The van der Waals surface area contributed by atoms with Gasteiger partial charge in [0.2, 0.25) is 15.9 Å². The minimum absolute atomic E-state index is 0.00454. The number of amides is 2. The summed E-state index contributed by atoms with van der Waals surface area (Å²) >= 11 is 0.901. The van der Waals surface area contributed by atoms with Crippen LogP contribution in [0.2, 0.25) is 0 Å². The van der Waals surface area contributed by atoms with Gasteiger partial charge in [0.25, 0.3) is 5.91 Å². The van der Waals surface area contributed by atoms with Crippen LogP contribution in [0.25, 0.3) is 0 Å². The van der Waals surface area contributed by atoms with Crippen molar-refractivity contribution in [2.24, 2.45) is 5.73 Å². The number of benzene rings is 1. The van der Waals surface area contributed by atoms with Crippen molar-refractivity contribution in [3.63, 3.8) is 0 Å². The molecule has 1 fully saturated rings. The predicted octanol–water partition coefficient (Wildman–Crippen LogP) is 1.42. The molecule has 0 unspecified atom stereocenters. The highest BCUT2D eigenvalue weighted by Gasteiger charge is 2.30. The van der Waals surface area contributed by atoms with E-state index >= 15 is 0 Å². The predicted molar refractivity (Wildman–Crippen MR) is 124 cm³/mol. The minimum atomic E-state index is -3.76. The first-order valence-electron chi connectivity index (χ1n) is 10.4. The third-order valence-electron chi connectivity index (χ3n) is 5.25. The van der Waals surface area contributed by atoms with E-state index in [1.54, 1.807) is 18.7 Å². The maximum Gasteiger partial charge on any atom is 0.341 e. The maximum absolute atomic E-state index is 13.1. The molecule has 13 heteroatoms. The van der Waals surface area contributed by atoms with Gasteiger partial charge in [-0.2, -0.15) is 4.31 Å². The largest absolute Gasteiger partial charge is 0.462 e. The number of nitrogens with two attached hydrogens (primary N) is 1. The van der Waals surface area contributed by atoms with Gasteiger partial charge in [-0.05, 0) is 43.7 Å². The van der Waals surface area contributed by atoms with E-state index < -0.39 is 33.6 Å². The number of esters is 1. The molecule has 3 N–H and O–H groups in total. The Balaban J connectivity index is 1.64. The lowest BCUT2D eigenvalue weighted by atomic mass is 10.1. The number of carbonyl (C=O) groups is 3. The molecule has 10 nitrogen and oxygen atoms in total. The van der Waals surface area contributed by atoms with Gasteiger partial charge in [0.1, 0.15) is 10.8 Å². The molecule has 0 radical (unpaired) electrons. The summed E-state index contributed by atoms with van der Waals surface area (Å²) in [6.07, 6.45) is 0. The standard InChI is InChI=1S/C21H25FN4O6S2/c1-3-32-21(29)17-13(2)18(19(23)28)33-20(17)24-16(27)12-25-8-10-26(11-9-25)34(30,31)15-6-4-14(22)5-7-15/h4-7H,3,8-12H2,1-2H3,(H2,23,28)(H,24,27). The van der Waals surface area contributed by atoms with E-state index in [2.05, 4.69) is 5.32 Å². The molecule has 0 saturated carbocycles. The number of nitrogens with zero attached hydrogens (tertiary/aromatic N) is 2. The molecule has 34 heavy (non-hydrogen) atoms. The number of ether oxygens (including phenoxy) is 1. The zero-order valence-electron chi connectivity index (χ0n) is 18.7. The Morgan fingerprint density at radius 1 is 1.15 bits per heavy atom. The van der Waals surface area contributed by atoms with Crippen LogP contribution in [0, 0.1) is 12.7 Å². The smallest absolute Gasteiger partial charge is 0.341 e. The van der Waals surface area contributed by atoms with Crippen LogP contribution >= 0.6 is 11.3 Å². The molecular weight excluding hydrogens is 487 g/mol. The molecule has 0 spiro atoms. The summed E-state index contributed by atoms with van der Waals surface area (Å²) in [5.74, 6) is -2.34. The fraction of sp³-hybridized carbons (Fsp3) is 0.381. The van der Waals surface area contributed by atoms with Gasteiger partial charge in [-0.1, -0.05) is 0 Å². The number of anilines is 1. The zero-order chi connectivity index (χ0) is 25.0. The number of halogens is 1. The van der Waals surface area contributed by atoms with Gasteiger partial charge in [0, 0.05) is 26.2 Å². The van der Waals surface area contributed by atoms with Gasteiger partial charge in [-0.25, -0.2) is 17.6 Å². The lowest BCUT2D eigenvalue weighted by Crippen LogP contribution is -2.50. The first kappa shape index (κ1) is 25.7. The minimum Gasteiger partial charge on any atom is -0.462 e. The summed E-state index contributed by atoms with van der Waals surface area (Å²) in [7, 11) is -3.76. The van der Waals surface area contributed by atoms with Crippen LogP contribution in [-0.4, -0.2) is 74.7 Å². The molecule has 0 aliphatic carbocycles. The van der Waals surface area contributed by atoms with Crippen molar-refractivity contribution in [1.29, 1.82) is 0 Å². The number of primary amides is 1. The van der Waals surface area contributed by atoms with Crippen molar-refractivity contribution in [2.75, 3.05) is 44.6 Å². The van der Waals surface area contributed by atoms with Gasteiger partial charge >= 0.3 is 5.97 Å². The molecule has 0 bridgehead atoms. The van der Waals surface area contributed by atoms with E-state index in [9.17, 15) is 27.2 Å². The molecule has 2 heterocycles. The van der Waals surface area contributed by atoms with Crippen LogP contribution in [0.4, 0.5) is 9.39 Å². The van der Waals surface area contributed by atoms with Crippen molar-refractivity contribution in [1.82, 2.24) is 9.21 Å². The van der Waals surface area contributed by atoms with Crippen LogP contribution in [0.1, 0.15) is 32.5 Å². The molecule has 2 aromatic rings. The highest BCUT2D eigenvalue weighted by Crippen LogP contribution is 2.33. The number of hydrogen-bond donors (Lipinski definition) is 2. The lowest BCUT2D eigenvalue weighted by Gasteiger charge is -2.33. The fourth-order valence-electron chi connectivity index (χ4n) is 3.54. The Hall–Kier alpha value is -2.87. The number of hydrogen-bond acceptors (Lipinski definition) is 8. The molecule has 3 rings (SSSR count). The van der Waals surface area contributed by atoms with Crippen molar-refractivity contribution >= 4 is 44.1 Å². The number of piperazine rings is 1. The topological polar surface area (TPSA) is 139 Å². The molecule has 1 saturated heterocycles. The number of rotatable bonds is 8. The third kappa shape index (κ3) is 5.60. The fourth-order valence-corrected chi connectivity index (χ4v) is 6.02. The van der Waals surface area contributed by atoms with E-state index in [1.807, 2.05) is 0 Å². The molecule has 1 aliphatic heterocycles. The molecular formula is C21H25FN4O6S2. The summed E-state index contributed by atoms with van der Waals surface area (Å²) in [6.45, 7) is 4.19. The monoisotopic (exact) mass is 512 g/mol. The van der Waals surface area contributed by atoms with Gasteiger partial charge in [-0.3, -0.25) is 14.5 Å². The van der Waals surface area contributed by atoms with E-state index in [-0.39, 0.29) is 46.6 Å².